The Hall–Kier alpha value is -1.82. The predicted molar refractivity (Wildman–Crippen MR) is 77.8 cm³/mol. The lowest BCUT2D eigenvalue weighted by Crippen LogP contribution is -2.26. The van der Waals surface area contributed by atoms with Gasteiger partial charge in [0.1, 0.15) is 0 Å². The highest BCUT2D eigenvalue weighted by molar-refractivity contribution is 9.10. The van der Waals surface area contributed by atoms with Crippen molar-refractivity contribution < 1.29 is 4.79 Å². The zero-order chi connectivity index (χ0) is 13.8. The van der Waals surface area contributed by atoms with Gasteiger partial charge in [0.05, 0.1) is 11.8 Å². The maximum atomic E-state index is 12.0. The molecular formula is C13H15BrN4O. The summed E-state index contributed by atoms with van der Waals surface area (Å²) in [6.45, 7) is 0.561. The molecule has 0 aliphatic heterocycles. The Morgan fingerprint density at radius 3 is 3.00 bits per heavy atom. The largest absolute Gasteiger partial charge is 0.399 e. The van der Waals surface area contributed by atoms with Gasteiger partial charge in [0.25, 0.3) is 5.91 Å². The first-order chi connectivity index (χ1) is 9.06. The van der Waals surface area contributed by atoms with E-state index in [1.165, 1.54) is 0 Å². The van der Waals surface area contributed by atoms with Gasteiger partial charge >= 0.3 is 0 Å². The fraction of sp³-hybridized carbons (Fsp3) is 0.231. The SMILES string of the molecule is Cn1cc(CCNC(=O)c2cc(N)ccc2Br)cn1. The molecule has 5 nitrogen and oxygen atoms in total. The summed E-state index contributed by atoms with van der Waals surface area (Å²) in [7, 11) is 1.87. The van der Waals surface area contributed by atoms with Crippen molar-refractivity contribution in [2.24, 2.45) is 7.05 Å². The van der Waals surface area contributed by atoms with Crippen LogP contribution in [0.1, 0.15) is 15.9 Å². The minimum atomic E-state index is -0.136. The van der Waals surface area contributed by atoms with E-state index in [2.05, 4.69) is 26.3 Å². The Morgan fingerprint density at radius 1 is 1.53 bits per heavy atom. The van der Waals surface area contributed by atoms with Gasteiger partial charge in [-0.3, -0.25) is 9.48 Å². The van der Waals surface area contributed by atoms with E-state index in [-0.39, 0.29) is 5.91 Å². The summed E-state index contributed by atoms with van der Waals surface area (Å²) in [6.07, 6.45) is 4.48. The van der Waals surface area contributed by atoms with Crippen LogP contribution in [0.25, 0.3) is 0 Å². The van der Waals surface area contributed by atoms with Crippen molar-refractivity contribution in [1.82, 2.24) is 15.1 Å². The smallest absolute Gasteiger partial charge is 0.252 e. The lowest BCUT2D eigenvalue weighted by Gasteiger charge is -2.07. The van der Waals surface area contributed by atoms with Gasteiger partial charge in [-0.05, 0) is 46.1 Å². The molecule has 0 radical (unpaired) electrons. The molecule has 0 fully saturated rings. The summed E-state index contributed by atoms with van der Waals surface area (Å²) in [5.74, 6) is -0.136. The number of carbonyl (C=O) groups excluding carboxylic acids is 1. The molecule has 0 aliphatic carbocycles. The molecule has 3 N–H and O–H groups in total. The Bertz CT molecular complexity index is 594. The molecule has 1 heterocycles. The molecule has 0 saturated carbocycles. The quantitative estimate of drug-likeness (QED) is 0.842. The van der Waals surface area contributed by atoms with E-state index < -0.39 is 0 Å². The summed E-state index contributed by atoms with van der Waals surface area (Å²) < 4.78 is 2.48. The maximum absolute atomic E-state index is 12.0. The van der Waals surface area contributed by atoms with Crippen molar-refractivity contribution in [2.75, 3.05) is 12.3 Å². The lowest BCUT2D eigenvalue weighted by molar-refractivity contribution is 0.0953. The number of rotatable bonds is 4. The second kappa shape index (κ2) is 5.88. The minimum Gasteiger partial charge on any atom is -0.399 e. The van der Waals surface area contributed by atoms with Gasteiger partial charge < -0.3 is 11.1 Å². The minimum absolute atomic E-state index is 0.136. The van der Waals surface area contributed by atoms with Crippen LogP contribution in [0.3, 0.4) is 0 Å². The molecule has 2 aromatic rings. The topological polar surface area (TPSA) is 72.9 Å². The first-order valence-corrected chi connectivity index (χ1v) is 6.66. The number of halogens is 1. The van der Waals surface area contributed by atoms with Crippen molar-refractivity contribution in [2.45, 2.75) is 6.42 Å². The Morgan fingerprint density at radius 2 is 2.32 bits per heavy atom. The van der Waals surface area contributed by atoms with Gasteiger partial charge in [-0.2, -0.15) is 5.10 Å². The molecule has 0 bridgehead atoms. The second-order valence-corrected chi connectivity index (χ2v) is 5.12. The fourth-order valence-electron chi connectivity index (χ4n) is 1.73. The van der Waals surface area contributed by atoms with Crippen LogP contribution in [0, 0.1) is 0 Å². The number of nitrogens with two attached hydrogens (primary N) is 1. The van der Waals surface area contributed by atoms with Crippen molar-refractivity contribution in [1.29, 1.82) is 0 Å². The average Bonchev–Trinajstić information content (AvgIpc) is 2.78. The van der Waals surface area contributed by atoms with Gasteiger partial charge in [-0.15, -0.1) is 0 Å². The van der Waals surface area contributed by atoms with Gasteiger partial charge in [0, 0.05) is 29.9 Å². The summed E-state index contributed by atoms with van der Waals surface area (Å²) >= 11 is 3.34. The normalized spacial score (nSPS) is 10.4. The van der Waals surface area contributed by atoms with Crippen LogP contribution < -0.4 is 11.1 Å². The zero-order valence-corrected chi connectivity index (χ0v) is 12.1. The number of aromatic nitrogens is 2. The van der Waals surface area contributed by atoms with E-state index in [9.17, 15) is 4.79 Å². The molecule has 19 heavy (non-hydrogen) atoms. The van der Waals surface area contributed by atoms with Crippen LogP contribution in [0.5, 0.6) is 0 Å². The van der Waals surface area contributed by atoms with Crippen molar-refractivity contribution in [3.05, 3.63) is 46.2 Å². The number of aryl methyl sites for hydroxylation is 1. The number of carbonyl (C=O) groups is 1. The Labute approximate surface area is 119 Å². The molecule has 1 aromatic heterocycles. The molecule has 0 unspecified atom stereocenters. The summed E-state index contributed by atoms with van der Waals surface area (Å²) in [4.78, 5) is 12.0. The van der Waals surface area contributed by atoms with Gasteiger partial charge in [0.2, 0.25) is 0 Å². The fourth-order valence-corrected chi connectivity index (χ4v) is 2.16. The third-order valence-corrected chi connectivity index (χ3v) is 3.38. The van der Waals surface area contributed by atoms with Crippen LogP contribution in [-0.2, 0) is 13.5 Å². The van der Waals surface area contributed by atoms with Gasteiger partial charge in [0.15, 0.2) is 0 Å². The summed E-state index contributed by atoms with van der Waals surface area (Å²) in [5, 5.41) is 6.94. The van der Waals surface area contributed by atoms with E-state index in [1.54, 1.807) is 29.1 Å². The summed E-state index contributed by atoms with van der Waals surface area (Å²) in [6, 6.07) is 5.17. The van der Waals surface area contributed by atoms with E-state index >= 15 is 0 Å². The standard InChI is InChI=1S/C13H15BrN4O/c1-18-8-9(7-17-18)4-5-16-13(19)11-6-10(15)2-3-12(11)14/h2-3,6-8H,4-5,15H2,1H3,(H,16,19). The maximum Gasteiger partial charge on any atom is 0.252 e. The number of hydrogen-bond acceptors (Lipinski definition) is 3. The highest BCUT2D eigenvalue weighted by Crippen LogP contribution is 2.19. The van der Waals surface area contributed by atoms with Crippen molar-refractivity contribution in [3.63, 3.8) is 0 Å². The number of amides is 1. The number of nitrogens with zero attached hydrogens (tertiary/aromatic N) is 2. The van der Waals surface area contributed by atoms with E-state index in [1.807, 2.05) is 13.2 Å². The summed E-state index contributed by atoms with van der Waals surface area (Å²) in [5.41, 5.74) is 7.89. The third kappa shape index (κ3) is 3.57. The van der Waals surface area contributed by atoms with Crippen LogP contribution in [-0.4, -0.2) is 22.2 Å². The molecule has 0 saturated heterocycles. The van der Waals surface area contributed by atoms with E-state index in [0.717, 1.165) is 16.5 Å². The molecule has 1 amide bonds. The highest BCUT2D eigenvalue weighted by Gasteiger charge is 2.09. The third-order valence-electron chi connectivity index (χ3n) is 2.69. The Kier molecular flexibility index (Phi) is 4.21. The first-order valence-electron chi connectivity index (χ1n) is 5.87. The first kappa shape index (κ1) is 13.6. The van der Waals surface area contributed by atoms with Crippen LogP contribution in [0.15, 0.2) is 35.1 Å². The molecule has 100 valence electrons. The van der Waals surface area contributed by atoms with Crippen LogP contribution in [0.4, 0.5) is 5.69 Å². The van der Waals surface area contributed by atoms with Crippen LogP contribution >= 0.6 is 15.9 Å². The van der Waals surface area contributed by atoms with Gasteiger partial charge in [-0.1, -0.05) is 0 Å². The monoisotopic (exact) mass is 322 g/mol. The van der Waals surface area contributed by atoms with Crippen molar-refractivity contribution >= 4 is 27.5 Å². The number of nitrogens with one attached hydrogen (secondary N) is 1. The highest BCUT2D eigenvalue weighted by atomic mass is 79.9. The molecule has 0 spiro atoms. The van der Waals surface area contributed by atoms with E-state index in [0.29, 0.717) is 17.8 Å². The van der Waals surface area contributed by atoms with E-state index in [4.69, 9.17) is 5.73 Å². The Balaban J connectivity index is 1.92. The number of nitrogen functional groups attached to an aromatic ring is 1. The van der Waals surface area contributed by atoms with Gasteiger partial charge in [-0.25, -0.2) is 0 Å². The molecule has 1 aromatic carbocycles. The number of anilines is 1. The zero-order valence-electron chi connectivity index (χ0n) is 10.6. The average molecular weight is 323 g/mol. The number of benzene rings is 1. The molecule has 0 aliphatic rings. The lowest BCUT2D eigenvalue weighted by atomic mass is 10.2. The molecular weight excluding hydrogens is 308 g/mol. The second-order valence-electron chi connectivity index (χ2n) is 4.27. The predicted octanol–water partition coefficient (Wildman–Crippen LogP) is 1.74. The van der Waals surface area contributed by atoms with Crippen LogP contribution in [0.2, 0.25) is 0 Å². The molecule has 0 atom stereocenters. The molecule has 2 rings (SSSR count). The van der Waals surface area contributed by atoms with Crippen molar-refractivity contribution in [3.8, 4) is 0 Å². The molecule has 6 heteroatoms. The number of hydrogen-bond donors (Lipinski definition) is 2.